The Kier molecular flexibility index (Phi) is 4.03. The molecule has 7 nitrogen and oxygen atoms in total. The van der Waals surface area contributed by atoms with Crippen LogP contribution in [0.2, 0.25) is 0 Å². The first kappa shape index (κ1) is 15.8. The third kappa shape index (κ3) is 3.04. The molecule has 3 aromatic heterocycles. The van der Waals surface area contributed by atoms with Gasteiger partial charge in [0.1, 0.15) is 5.82 Å². The summed E-state index contributed by atoms with van der Waals surface area (Å²) in [4.78, 5) is 28.8. The van der Waals surface area contributed by atoms with E-state index in [2.05, 4.69) is 38.8 Å². The van der Waals surface area contributed by atoms with Gasteiger partial charge in [-0.25, -0.2) is 9.97 Å². The van der Waals surface area contributed by atoms with E-state index < -0.39 is 0 Å². The molecule has 1 atom stereocenters. The molecule has 0 spiro atoms. The monoisotopic (exact) mass is 332 g/mol. The van der Waals surface area contributed by atoms with Crippen molar-refractivity contribution < 1.29 is 0 Å². The minimum Gasteiger partial charge on any atom is -0.292 e. The summed E-state index contributed by atoms with van der Waals surface area (Å²) < 4.78 is 1.36. The number of aromatic nitrogens is 5. The fraction of sp³-hybridized carbons (Fsp3) is 0.467. The Bertz CT molecular complexity index is 908. The summed E-state index contributed by atoms with van der Waals surface area (Å²) >= 11 is 1.71. The van der Waals surface area contributed by atoms with Crippen LogP contribution >= 0.6 is 11.3 Å². The molecule has 0 bridgehead atoms. The van der Waals surface area contributed by atoms with Crippen molar-refractivity contribution in [2.75, 3.05) is 7.05 Å². The molecule has 23 heavy (non-hydrogen) atoms. The largest absolute Gasteiger partial charge is 0.292 e. The summed E-state index contributed by atoms with van der Waals surface area (Å²) in [7, 11) is 2.01. The van der Waals surface area contributed by atoms with E-state index in [9.17, 15) is 4.79 Å². The number of aromatic amines is 1. The van der Waals surface area contributed by atoms with E-state index in [1.54, 1.807) is 24.3 Å². The van der Waals surface area contributed by atoms with E-state index in [0.29, 0.717) is 23.8 Å². The van der Waals surface area contributed by atoms with Gasteiger partial charge in [0, 0.05) is 17.5 Å². The lowest BCUT2D eigenvalue weighted by Gasteiger charge is -2.23. The smallest absolute Gasteiger partial charge is 0.274 e. The highest BCUT2D eigenvalue weighted by molar-refractivity contribution is 7.11. The fourth-order valence-electron chi connectivity index (χ4n) is 2.65. The number of nitrogens with zero attached hydrogens (tertiary/aromatic N) is 5. The van der Waals surface area contributed by atoms with Crippen LogP contribution in [0.5, 0.6) is 0 Å². The number of hydrogen-bond donors (Lipinski definition) is 1. The number of thiazole rings is 1. The number of H-pyrrole nitrogens is 1. The molecule has 0 aliphatic rings. The number of nitrogens with one attached hydrogen (secondary N) is 1. The molecule has 3 rings (SSSR count). The first-order valence-corrected chi connectivity index (χ1v) is 8.26. The van der Waals surface area contributed by atoms with E-state index in [0.717, 1.165) is 10.7 Å². The number of aryl methyl sites for hydroxylation is 3. The van der Waals surface area contributed by atoms with Gasteiger partial charge in [-0.15, -0.1) is 11.3 Å². The predicted molar refractivity (Wildman–Crippen MR) is 89.8 cm³/mol. The van der Waals surface area contributed by atoms with E-state index in [1.165, 1.54) is 9.39 Å². The van der Waals surface area contributed by atoms with Crippen LogP contribution in [-0.4, -0.2) is 36.5 Å². The van der Waals surface area contributed by atoms with Crippen LogP contribution in [-0.2, 0) is 6.54 Å². The van der Waals surface area contributed by atoms with Gasteiger partial charge in [0.2, 0.25) is 0 Å². The highest BCUT2D eigenvalue weighted by Crippen LogP contribution is 2.26. The maximum absolute atomic E-state index is 12.1. The van der Waals surface area contributed by atoms with E-state index in [-0.39, 0.29) is 11.6 Å². The quantitative estimate of drug-likeness (QED) is 0.790. The second-order valence-electron chi connectivity index (χ2n) is 5.80. The fourth-order valence-corrected chi connectivity index (χ4v) is 3.56. The van der Waals surface area contributed by atoms with E-state index in [1.807, 2.05) is 14.0 Å². The standard InChI is InChI=1S/C15H20N6OS/c1-8(14-9(2)23-11(4)17-14)20(5)7-12-6-13(22)21-15(18-12)16-10(3)19-21/h6,8H,7H2,1-5H3,(H,16,18,19)/t8-/m0/s1. The van der Waals surface area contributed by atoms with Crippen LogP contribution in [0.1, 0.15) is 40.1 Å². The SMILES string of the molecule is Cc1nc2nc(CN(C)[C@@H](C)c3nc(C)sc3C)cc(=O)n2[nH]1. The maximum Gasteiger partial charge on any atom is 0.274 e. The first-order chi connectivity index (χ1) is 10.8. The average molecular weight is 332 g/mol. The topological polar surface area (TPSA) is 79.2 Å². The maximum atomic E-state index is 12.1. The summed E-state index contributed by atoms with van der Waals surface area (Å²) in [6.45, 7) is 8.59. The van der Waals surface area contributed by atoms with Crippen LogP contribution in [0.3, 0.4) is 0 Å². The zero-order chi connectivity index (χ0) is 16.7. The van der Waals surface area contributed by atoms with Gasteiger partial charge in [0.25, 0.3) is 11.3 Å². The van der Waals surface area contributed by atoms with Gasteiger partial charge in [-0.2, -0.15) is 9.50 Å². The van der Waals surface area contributed by atoms with Gasteiger partial charge in [-0.05, 0) is 34.7 Å². The Morgan fingerprint density at radius 2 is 2.04 bits per heavy atom. The molecular formula is C15H20N6OS. The van der Waals surface area contributed by atoms with Gasteiger partial charge in [-0.1, -0.05) is 0 Å². The Morgan fingerprint density at radius 3 is 2.70 bits per heavy atom. The Labute approximate surface area is 138 Å². The third-order valence-corrected chi connectivity index (χ3v) is 4.81. The first-order valence-electron chi connectivity index (χ1n) is 7.44. The minimum absolute atomic E-state index is 0.146. The molecule has 0 fully saturated rings. The van der Waals surface area contributed by atoms with Gasteiger partial charge >= 0.3 is 0 Å². The molecule has 0 amide bonds. The van der Waals surface area contributed by atoms with Crippen molar-refractivity contribution in [1.82, 2.24) is 29.5 Å². The predicted octanol–water partition coefficient (Wildman–Crippen LogP) is 1.99. The molecule has 0 radical (unpaired) electrons. The highest BCUT2D eigenvalue weighted by atomic mass is 32.1. The van der Waals surface area contributed by atoms with Crippen molar-refractivity contribution in [2.45, 2.75) is 40.3 Å². The average Bonchev–Trinajstić information content (AvgIpc) is 3.00. The van der Waals surface area contributed by atoms with Crippen molar-refractivity contribution in [3.05, 3.63) is 43.5 Å². The Morgan fingerprint density at radius 1 is 1.30 bits per heavy atom. The van der Waals surface area contributed by atoms with Crippen molar-refractivity contribution >= 4 is 17.1 Å². The summed E-state index contributed by atoms with van der Waals surface area (Å²) in [5.74, 6) is 1.08. The molecule has 3 heterocycles. The number of fused-ring (bicyclic) bond motifs is 1. The van der Waals surface area contributed by atoms with Crippen molar-refractivity contribution in [1.29, 1.82) is 0 Å². The lowest BCUT2D eigenvalue weighted by atomic mass is 10.2. The van der Waals surface area contributed by atoms with Crippen LogP contribution in [0, 0.1) is 20.8 Å². The van der Waals surface area contributed by atoms with Crippen LogP contribution in [0.4, 0.5) is 0 Å². The van der Waals surface area contributed by atoms with Gasteiger partial charge in [0.05, 0.1) is 22.4 Å². The summed E-state index contributed by atoms with van der Waals surface area (Å²) in [6, 6.07) is 1.70. The van der Waals surface area contributed by atoms with Crippen LogP contribution < -0.4 is 5.56 Å². The molecule has 0 aliphatic heterocycles. The van der Waals surface area contributed by atoms with Gasteiger partial charge < -0.3 is 0 Å². The lowest BCUT2D eigenvalue weighted by molar-refractivity contribution is 0.245. The molecule has 0 unspecified atom stereocenters. The third-order valence-electron chi connectivity index (χ3n) is 3.90. The number of hydrogen-bond acceptors (Lipinski definition) is 6. The summed E-state index contributed by atoms with van der Waals surface area (Å²) in [5, 5.41) is 3.95. The molecular weight excluding hydrogens is 312 g/mol. The van der Waals surface area contributed by atoms with Gasteiger partial charge in [0.15, 0.2) is 0 Å². The molecule has 0 saturated heterocycles. The molecule has 0 aliphatic carbocycles. The number of rotatable bonds is 4. The molecule has 122 valence electrons. The molecule has 0 aromatic carbocycles. The normalized spacial score (nSPS) is 13.1. The van der Waals surface area contributed by atoms with Gasteiger partial charge in [-0.3, -0.25) is 14.8 Å². The highest BCUT2D eigenvalue weighted by Gasteiger charge is 2.18. The second-order valence-corrected chi connectivity index (χ2v) is 7.20. The molecule has 1 N–H and O–H groups in total. The van der Waals surface area contributed by atoms with Crippen molar-refractivity contribution in [2.24, 2.45) is 0 Å². The Hall–Kier alpha value is -2.06. The summed E-state index contributed by atoms with van der Waals surface area (Å²) in [5.41, 5.74) is 1.65. The lowest BCUT2D eigenvalue weighted by Crippen LogP contribution is -2.25. The minimum atomic E-state index is -0.146. The molecule has 0 saturated carbocycles. The summed E-state index contributed by atoms with van der Waals surface area (Å²) in [6.07, 6.45) is 0. The molecule has 3 aromatic rings. The van der Waals surface area contributed by atoms with E-state index in [4.69, 9.17) is 0 Å². The van der Waals surface area contributed by atoms with Crippen molar-refractivity contribution in [3.63, 3.8) is 0 Å². The zero-order valence-corrected chi connectivity index (χ0v) is 14.7. The van der Waals surface area contributed by atoms with Crippen molar-refractivity contribution in [3.8, 4) is 0 Å². The molecule has 8 heteroatoms. The van der Waals surface area contributed by atoms with Crippen LogP contribution in [0.25, 0.3) is 5.78 Å². The van der Waals surface area contributed by atoms with E-state index >= 15 is 0 Å². The zero-order valence-electron chi connectivity index (χ0n) is 13.9. The Balaban J connectivity index is 1.86. The second kappa shape index (κ2) is 5.86. The van der Waals surface area contributed by atoms with Crippen LogP contribution in [0.15, 0.2) is 10.9 Å².